The van der Waals surface area contributed by atoms with Crippen molar-refractivity contribution in [2.24, 2.45) is 5.92 Å². The van der Waals surface area contributed by atoms with E-state index in [0.29, 0.717) is 18.4 Å². The molecule has 2 rings (SSSR count). The van der Waals surface area contributed by atoms with Crippen LogP contribution < -0.4 is 0 Å². The van der Waals surface area contributed by atoms with Crippen molar-refractivity contribution in [3.8, 4) is 0 Å². The quantitative estimate of drug-likeness (QED) is 0.831. The summed E-state index contributed by atoms with van der Waals surface area (Å²) in [4.78, 5) is 0. The Kier molecular flexibility index (Phi) is 3.06. The fraction of sp³-hybridized carbons (Fsp3) is 0.769. The number of nitrogens with zero attached hydrogens (tertiary/aromatic N) is 2. The first-order chi connectivity index (χ1) is 7.55. The average molecular weight is 222 g/mol. The molecule has 1 N–H and O–H groups in total. The minimum Gasteiger partial charge on any atom is -0.389 e. The third-order valence-corrected chi connectivity index (χ3v) is 3.63. The predicted molar refractivity (Wildman–Crippen MR) is 64.3 cm³/mol. The highest BCUT2D eigenvalue weighted by Crippen LogP contribution is 2.43. The van der Waals surface area contributed by atoms with E-state index in [-0.39, 0.29) is 0 Å². The van der Waals surface area contributed by atoms with Crippen molar-refractivity contribution in [2.45, 2.75) is 58.1 Å². The van der Waals surface area contributed by atoms with Crippen molar-refractivity contribution >= 4 is 0 Å². The smallest absolute Gasteiger partial charge is 0.0729 e. The summed E-state index contributed by atoms with van der Waals surface area (Å²) in [6, 6.07) is 2.42. The number of hydrogen-bond donors (Lipinski definition) is 1. The zero-order chi connectivity index (χ0) is 11.8. The molecule has 1 aliphatic carbocycles. The molecular weight excluding hydrogens is 200 g/mol. The summed E-state index contributed by atoms with van der Waals surface area (Å²) < 4.78 is 1.96. The molecule has 1 atom stereocenters. The van der Waals surface area contributed by atoms with Gasteiger partial charge in [-0.15, -0.1) is 0 Å². The van der Waals surface area contributed by atoms with Crippen LogP contribution in [-0.4, -0.2) is 20.5 Å². The van der Waals surface area contributed by atoms with Crippen LogP contribution in [0.1, 0.15) is 51.8 Å². The standard InChI is InChI=1S/C13H22N2O/c1-4-13(16,11-5-6-11)9-12-7-8-15(14-12)10(2)3/h7-8,10-11,16H,4-6,9H2,1-3H3. The lowest BCUT2D eigenvalue weighted by Gasteiger charge is -2.25. The summed E-state index contributed by atoms with van der Waals surface area (Å²) in [5.74, 6) is 0.502. The second-order valence-corrected chi connectivity index (χ2v) is 5.29. The van der Waals surface area contributed by atoms with Gasteiger partial charge in [-0.2, -0.15) is 5.10 Å². The van der Waals surface area contributed by atoms with E-state index in [0.717, 1.165) is 12.1 Å². The van der Waals surface area contributed by atoms with Crippen molar-refractivity contribution in [3.63, 3.8) is 0 Å². The third-order valence-electron chi connectivity index (χ3n) is 3.63. The second-order valence-electron chi connectivity index (χ2n) is 5.29. The van der Waals surface area contributed by atoms with Gasteiger partial charge in [0.2, 0.25) is 0 Å². The molecule has 3 nitrogen and oxygen atoms in total. The number of hydrogen-bond acceptors (Lipinski definition) is 2. The minimum absolute atomic E-state index is 0.393. The highest BCUT2D eigenvalue weighted by Gasteiger charge is 2.42. The van der Waals surface area contributed by atoms with Crippen LogP contribution in [0.5, 0.6) is 0 Å². The van der Waals surface area contributed by atoms with Crippen molar-refractivity contribution in [1.82, 2.24) is 9.78 Å². The number of aromatic nitrogens is 2. The third kappa shape index (κ3) is 2.29. The lowest BCUT2D eigenvalue weighted by atomic mass is 9.89. The van der Waals surface area contributed by atoms with Crippen molar-refractivity contribution < 1.29 is 5.11 Å². The lowest BCUT2D eigenvalue weighted by Crippen LogP contribution is -2.33. The van der Waals surface area contributed by atoms with Gasteiger partial charge in [0.1, 0.15) is 0 Å². The van der Waals surface area contributed by atoms with Crippen LogP contribution in [0.4, 0.5) is 0 Å². The van der Waals surface area contributed by atoms with Gasteiger partial charge in [-0.3, -0.25) is 4.68 Å². The van der Waals surface area contributed by atoms with Crippen molar-refractivity contribution in [2.75, 3.05) is 0 Å². The summed E-state index contributed by atoms with van der Waals surface area (Å²) in [7, 11) is 0. The van der Waals surface area contributed by atoms with E-state index >= 15 is 0 Å². The molecule has 0 aliphatic heterocycles. The fourth-order valence-corrected chi connectivity index (χ4v) is 2.25. The van der Waals surface area contributed by atoms with Crippen molar-refractivity contribution in [1.29, 1.82) is 0 Å². The SMILES string of the molecule is CCC(O)(Cc1ccn(C(C)C)n1)C1CC1. The Labute approximate surface area is 97.5 Å². The molecule has 1 aliphatic rings. The Hall–Kier alpha value is -0.830. The van der Waals surface area contributed by atoms with Crippen LogP contribution >= 0.6 is 0 Å². The van der Waals surface area contributed by atoms with Crippen LogP contribution in [0, 0.1) is 5.92 Å². The van der Waals surface area contributed by atoms with Gasteiger partial charge in [-0.1, -0.05) is 6.92 Å². The summed E-state index contributed by atoms with van der Waals surface area (Å²) in [5, 5.41) is 15.0. The Bertz CT molecular complexity index is 355. The van der Waals surface area contributed by atoms with Gasteiger partial charge >= 0.3 is 0 Å². The van der Waals surface area contributed by atoms with Gasteiger partial charge in [0.25, 0.3) is 0 Å². The van der Waals surface area contributed by atoms with Crippen LogP contribution in [0.15, 0.2) is 12.3 Å². The average Bonchev–Trinajstić information content (AvgIpc) is 3.00. The second kappa shape index (κ2) is 4.21. The first-order valence-corrected chi connectivity index (χ1v) is 6.31. The molecule has 1 fully saturated rings. The molecule has 1 aromatic heterocycles. The van der Waals surface area contributed by atoms with E-state index in [1.165, 1.54) is 12.8 Å². The summed E-state index contributed by atoms with van der Waals surface area (Å²) in [5.41, 5.74) is 0.501. The zero-order valence-corrected chi connectivity index (χ0v) is 10.5. The van der Waals surface area contributed by atoms with E-state index in [1.807, 2.05) is 16.9 Å². The van der Waals surface area contributed by atoms with E-state index in [1.54, 1.807) is 0 Å². The molecule has 1 heterocycles. The molecular formula is C13H22N2O. The Morgan fingerprint density at radius 2 is 2.25 bits per heavy atom. The summed E-state index contributed by atoms with van der Waals surface area (Å²) >= 11 is 0. The van der Waals surface area contributed by atoms with Crippen LogP contribution in [-0.2, 0) is 6.42 Å². The van der Waals surface area contributed by atoms with Gasteiger partial charge in [-0.05, 0) is 45.1 Å². The molecule has 90 valence electrons. The highest BCUT2D eigenvalue weighted by molar-refractivity contribution is 5.08. The van der Waals surface area contributed by atoms with Crippen LogP contribution in [0.25, 0.3) is 0 Å². The maximum Gasteiger partial charge on any atom is 0.0729 e. The topological polar surface area (TPSA) is 38.0 Å². The van der Waals surface area contributed by atoms with Gasteiger partial charge in [0, 0.05) is 18.7 Å². The van der Waals surface area contributed by atoms with E-state index in [9.17, 15) is 5.11 Å². The molecule has 0 saturated heterocycles. The molecule has 0 aromatic carbocycles. The summed E-state index contributed by atoms with van der Waals surface area (Å²) in [6.07, 6.45) is 5.88. The van der Waals surface area contributed by atoms with E-state index in [4.69, 9.17) is 0 Å². The lowest BCUT2D eigenvalue weighted by molar-refractivity contribution is 0.0129. The van der Waals surface area contributed by atoms with Gasteiger partial charge in [0.15, 0.2) is 0 Å². The van der Waals surface area contributed by atoms with Gasteiger partial charge < -0.3 is 5.11 Å². The molecule has 0 radical (unpaired) electrons. The molecule has 3 heteroatoms. The largest absolute Gasteiger partial charge is 0.389 e. The molecule has 0 amide bonds. The van der Waals surface area contributed by atoms with E-state index < -0.39 is 5.60 Å². The molecule has 1 unspecified atom stereocenters. The molecule has 1 saturated carbocycles. The zero-order valence-electron chi connectivity index (χ0n) is 10.5. The van der Waals surface area contributed by atoms with Crippen molar-refractivity contribution in [3.05, 3.63) is 18.0 Å². The Balaban J connectivity index is 2.06. The maximum absolute atomic E-state index is 10.5. The molecule has 1 aromatic rings. The van der Waals surface area contributed by atoms with Gasteiger partial charge in [-0.25, -0.2) is 0 Å². The predicted octanol–water partition coefficient (Wildman–Crippen LogP) is 2.56. The molecule has 0 spiro atoms. The van der Waals surface area contributed by atoms with Crippen LogP contribution in [0.3, 0.4) is 0 Å². The Morgan fingerprint density at radius 1 is 1.56 bits per heavy atom. The maximum atomic E-state index is 10.5. The highest BCUT2D eigenvalue weighted by atomic mass is 16.3. The normalized spacial score (nSPS) is 20.1. The number of rotatable bonds is 5. The van der Waals surface area contributed by atoms with Crippen LogP contribution in [0.2, 0.25) is 0 Å². The molecule has 0 bridgehead atoms. The number of aliphatic hydroxyl groups is 1. The fourth-order valence-electron chi connectivity index (χ4n) is 2.25. The first-order valence-electron chi connectivity index (χ1n) is 6.31. The van der Waals surface area contributed by atoms with E-state index in [2.05, 4.69) is 25.9 Å². The monoisotopic (exact) mass is 222 g/mol. The summed E-state index contributed by atoms with van der Waals surface area (Å²) in [6.45, 7) is 6.30. The molecule has 16 heavy (non-hydrogen) atoms. The first kappa shape index (κ1) is 11.6. The Morgan fingerprint density at radius 3 is 2.69 bits per heavy atom. The minimum atomic E-state index is -0.518. The van der Waals surface area contributed by atoms with Gasteiger partial charge in [0.05, 0.1) is 11.3 Å².